The third kappa shape index (κ3) is 6.33. The van der Waals surface area contributed by atoms with Gasteiger partial charge in [-0.25, -0.2) is 0 Å². The number of nitrogens with one attached hydrogen (secondary N) is 1. The van der Waals surface area contributed by atoms with Gasteiger partial charge in [-0.3, -0.25) is 0 Å². The lowest BCUT2D eigenvalue weighted by molar-refractivity contribution is 0.312. The van der Waals surface area contributed by atoms with Gasteiger partial charge in [0.15, 0.2) is 0 Å². The number of anilines is 1. The van der Waals surface area contributed by atoms with Crippen LogP contribution in [0.1, 0.15) is 24.0 Å². The predicted octanol–water partition coefficient (Wildman–Crippen LogP) is 6.40. The van der Waals surface area contributed by atoms with Crippen molar-refractivity contribution in [2.24, 2.45) is 0 Å². The molecule has 27 heavy (non-hydrogen) atoms. The summed E-state index contributed by atoms with van der Waals surface area (Å²) in [6.45, 7) is 1.60. The molecule has 1 N–H and O–H groups in total. The highest BCUT2D eigenvalue weighted by molar-refractivity contribution is 6.31. The van der Waals surface area contributed by atoms with Crippen LogP contribution < -0.4 is 10.1 Å². The van der Waals surface area contributed by atoms with Crippen molar-refractivity contribution in [3.8, 4) is 5.75 Å². The van der Waals surface area contributed by atoms with Crippen LogP contribution in [0, 0.1) is 0 Å². The molecule has 3 aromatic carbocycles. The summed E-state index contributed by atoms with van der Waals surface area (Å²) in [5.41, 5.74) is 3.61. The SMILES string of the molecule is Clc1ccccc1CCCNc1ccccc1OCCCc1ccccc1. The van der Waals surface area contributed by atoms with Gasteiger partial charge in [0.05, 0.1) is 12.3 Å². The molecule has 0 bridgehead atoms. The molecule has 0 radical (unpaired) electrons. The molecule has 2 nitrogen and oxygen atoms in total. The van der Waals surface area contributed by atoms with E-state index in [4.69, 9.17) is 16.3 Å². The van der Waals surface area contributed by atoms with Gasteiger partial charge in [-0.15, -0.1) is 0 Å². The molecule has 0 saturated carbocycles. The van der Waals surface area contributed by atoms with E-state index in [0.29, 0.717) is 6.61 Å². The maximum atomic E-state index is 6.22. The van der Waals surface area contributed by atoms with Crippen LogP contribution in [0.2, 0.25) is 5.02 Å². The van der Waals surface area contributed by atoms with Crippen molar-refractivity contribution in [1.29, 1.82) is 0 Å². The molecule has 3 heteroatoms. The summed E-state index contributed by atoms with van der Waals surface area (Å²) in [5.74, 6) is 0.920. The largest absolute Gasteiger partial charge is 0.491 e. The molecule has 0 aliphatic heterocycles. The minimum atomic E-state index is 0.715. The van der Waals surface area contributed by atoms with Gasteiger partial charge in [-0.1, -0.05) is 72.3 Å². The van der Waals surface area contributed by atoms with E-state index in [1.165, 1.54) is 11.1 Å². The molecule has 0 spiro atoms. The number of ether oxygens (including phenoxy) is 1. The van der Waals surface area contributed by atoms with E-state index in [9.17, 15) is 0 Å². The van der Waals surface area contributed by atoms with Gasteiger partial charge in [0.1, 0.15) is 5.75 Å². The number of halogens is 1. The molecular weight excluding hydrogens is 354 g/mol. The van der Waals surface area contributed by atoms with Gasteiger partial charge in [0, 0.05) is 11.6 Å². The summed E-state index contributed by atoms with van der Waals surface area (Å²) in [6, 6.07) is 26.7. The fourth-order valence-corrected chi connectivity index (χ4v) is 3.27. The minimum absolute atomic E-state index is 0.715. The van der Waals surface area contributed by atoms with Gasteiger partial charge in [-0.05, 0) is 55.0 Å². The van der Waals surface area contributed by atoms with Crippen molar-refractivity contribution < 1.29 is 4.74 Å². The first-order chi connectivity index (χ1) is 13.3. The number of rotatable bonds is 10. The second-order valence-electron chi connectivity index (χ2n) is 6.56. The van der Waals surface area contributed by atoms with E-state index in [1.54, 1.807) is 0 Å². The number of hydrogen-bond acceptors (Lipinski definition) is 2. The summed E-state index contributed by atoms with van der Waals surface area (Å²) in [5, 5.41) is 4.34. The van der Waals surface area contributed by atoms with Crippen LogP contribution in [0.5, 0.6) is 5.75 Å². The Kier molecular flexibility index (Phi) is 7.61. The first-order valence-corrected chi connectivity index (χ1v) is 9.94. The molecule has 3 aromatic rings. The molecule has 0 saturated heterocycles. The summed E-state index contributed by atoms with van der Waals surface area (Å²) in [4.78, 5) is 0. The Morgan fingerprint density at radius 3 is 2.33 bits per heavy atom. The lowest BCUT2D eigenvalue weighted by Crippen LogP contribution is -2.06. The Bertz CT molecular complexity index is 819. The van der Waals surface area contributed by atoms with E-state index in [2.05, 4.69) is 41.7 Å². The van der Waals surface area contributed by atoms with Crippen molar-refractivity contribution >= 4 is 17.3 Å². The molecule has 0 atom stereocenters. The average molecular weight is 380 g/mol. The zero-order chi connectivity index (χ0) is 18.7. The summed E-state index contributed by atoms with van der Waals surface area (Å²) >= 11 is 6.22. The minimum Gasteiger partial charge on any atom is -0.491 e. The van der Waals surface area contributed by atoms with Crippen molar-refractivity contribution in [1.82, 2.24) is 0 Å². The van der Waals surface area contributed by atoms with Crippen LogP contribution in [0.4, 0.5) is 5.69 Å². The fraction of sp³-hybridized carbons (Fsp3) is 0.250. The van der Waals surface area contributed by atoms with Crippen molar-refractivity contribution in [2.75, 3.05) is 18.5 Å². The first-order valence-electron chi connectivity index (χ1n) is 9.56. The summed E-state index contributed by atoms with van der Waals surface area (Å²) in [7, 11) is 0. The Labute approximate surface area is 167 Å². The van der Waals surface area contributed by atoms with Crippen LogP contribution >= 0.6 is 11.6 Å². The Hall–Kier alpha value is -2.45. The molecule has 0 aromatic heterocycles. The van der Waals surface area contributed by atoms with Crippen molar-refractivity contribution in [3.05, 3.63) is 95.0 Å². The molecular formula is C24H26ClNO. The maximum Gasteiger partial charge on any atom is 0.142 e. The molecule has 3 rings (SSSR count). The number of benzene rings is 3. The first kappa shape index (κ1) is 19.3. The zero-order valence-electron chi connectivity index (χ0n) is 15.5. The van der Waals surface area contributed by atoms with Gasteiger partial charge < -0.3 is 10.1 Å². The third-order valence-electron chi connectivity index (χ3n) is 4.49. The van der Waals surface area contributed by atoms with E-state index in [-0.39, 0.29) is 0 Å². The van der Waals surface area contributed by atoms with Crippen LogP contribution in [-0.4, -0.2) is 13.2 Å². The molecule has 0 amide bonds. The van der Waals surface area contributed by atoms with E-state index < -0.39 is 0 Å². The quantitative estimate of drug-likeness (QED) is 0.412. The van der Waals surface area contributed by atoms with E-state index in [1.807, 2.05) is 42.5 Å². The zero-order valence-corrected chi connectivity index (χ0v) is 16.3. The number of hydrogen-bond donors (Lipinski definition) is 1. The molecule has 140 valence electrons. The molecule has 0 aliphatic rings. The van der Waals surface area contributed by atoms with E-state index >= 15 is 0 Å². The molecule has 0 fully saturated rings. The smallest absolute Gasteiger partial charge is 0.142 e. The van der Waals surface area contributed by atoms with Crippen molar-refractivity contribution in [2.45, 2.75) is 25.7 Å². The monoisotopic (exact) mass is 379 g/mol. The van der Waals surface area contributed by atoms with Gasteiger partial charge in [-0.2, -0.15) is 0 Å². The van der Waals surface area contributed by atoms with Crippen LogP contribution in [0.25, 0.3) is 0 Å². The number of aryl methyl sites for hydroxylation is 2. The number of para-hydroxylation sites is 2. The van der Waals surface area contributed by atoms with Gasteiger partial charge >= 0.3 is 0 Å². The predicted molar refractivity (Wildman–Crippen MR) is 115 cm³/mol. The van der Waals surface area contributed by atoms with Gasteiger partial charge in [0.25, 0.3) is 0 Å². The molecule has 0 heterocycles. The van der Waals surface area contributed by atoms with E-state index in [0.717, 1.165) is 48.7 Å². The normalized spacial score (nSPS) is 10.6. The standard InChI is InChI=1S/C24H26ClNO/c25-22-15-5-4-13-21(22)14-8-18-26-23-16-6-7-17-24(23)27-19-9-12-20-10-2-1-3-11-20/h1-7,10-11,13,15-17,26H,8-9,12,14,18-19H2. The Morgan fingerprint density at radius 2 is 1.48 bits per heavy atom. The average Bonchev–Trinajstić information content (AvgIpc) is 2.71. The highest BCUT2D eigenvalue weighted by Crippen LogP contribution is 2.24. The lowest BCUT2D eigenvalue weighted by atomic mass is 10.1. The molecule has 0 aliphatic carbocycles. The Balaban J connectivity index is 1.42. The highest BCUT2D eigenvalue weighted by Gasteiger charge is 2.03. The fourth-order valence-electron chi connectivity index (χ4n) is 3.04. The van der Waals surface area contributed by atoms with Crippen LogP contribution in [-0.2, 0) is 12.8 Å². The summed E-state index contributed by atoms with van der Waals surface area (Å²) < 4.78 is 6.01. The maximum absolute atomic E-state index is 6.22. The second-order valence-corrected chi connectivity index (χ2v) is 6.96. The lowest BCUT2D eigenvalue weighted by Gasteiger charge is -2.13. The third-order valence-corrected chi connectivity index (χ3v) is 4.86. The van der Waals surface area contributed by atoms with Crippen LogP contribution in [0.15, 0.2) is 78.9 Å². The second kappa shape index (κ2) is 10.6. The Morgan fingerprint density at radius 1 is 0.741 bits per heavy atom. The molecule has 0 unspecified atom stereocenters. The van der Waals surface area contributed by atoms with Crippen molar-refractivity contribution in [3.63, 3.8) is 0 Å². The highest BCUT2D eigenvalue weighted by atomic mass is 35.5. The topological polar surface area (TPSA) is 21.3 Å². The summed E-state index contributed by atoms with van der Waals surface area (Å²) in [6.07, 6.45) is 4.03. The van der Waals surface area contributed by atoms with Gasteiger partial charge in [0.2, 0.25) is 0 Å². The van der Waals surface area contributed by atoms with Crippen LogP contribution in [0.3, 0.4) is 0 Å².